The van der Waals surface area contributed by atoms with Crippen LogP contribution in [0.15, 0.2) is 42.5 Å². The number of nitrogens with two attached hydrogens (primary N) is 1. The molecule has 0 heterocycles. The standard InChI is InChI=1S/C16H15ClFNO/c1-2-13(19)11-8-9-12(17)14(15(11)18)16(20)10-6-4-3-5-7-10/h3-9,13H,2,19H2,1H3/t13-/m1/s1. The first kappa shape index (κ1) is 14.7. The lowest BCUT2D eigenvalue weighted by Crippen LogP contribution is -2.14. The van der Waals surface area contributed by atoms with Crippen molar-refractivity contribution in [3.63, 3.8) is 0 Å². The second-order valence-corrected chi connectivity index (χ2v) is 4.94. The minimum Gasteiger partial charge on any atom is -0.324 e. The maximum Gasteiger partial charge on any atom is 0.197 e. The molecule has 0 aromatic heterocycles. The Labute approximate surface area is 122 Å². The van der Waals surface area contributed by atoms with E-state index < -0.39 is 17.6 Å². The molecule has 104 valence electrons. The second kappa shape index (κ2) is 6.16. The highest BCUT2D eigenvalue weighted by Gasteiger charge is 2.22. The molecular weight excluding hydrogens is 277 g/mol. The summed E-state index contributed by atoms with van der Waals surface area (Å²) in [6, 6.07) is 11.1. The zero-order chi connectivity index (χ0) is 14.7. The van der Waals surface area contributed by atoms with Crippen LogP contribution in [0.5, 0.6) is 0 Å². The van der Waals surface area contributed by atoms with Gasteiger partial charge in [0.25, 0.3) is 0 Å². The molecule has 2 aromatic rings. The number of ketones is 1. The molecule has 0 bridgehead atoms. The van der Waals surface area contributed by atoms with Gasteiger partial charge in [-0.25, -0.2) is 4.39 Å². The molecule has 4 heteroatoms. The molecule has 2 rings (SSSR count). The number of benzene rings is 2. The Balaban J connectivity index is 2.54. The zero-order valence-corrected chi connectivity index (χ0v) is 11.8. The van der Waals surface area contributed by atoms with Crippen LogP contribution >= 0.6 is 11.6 Å². The fraction of sp³-hybridized carbons (Fsp3) is 0.188. The summed E-state index contributed by atoms with van der Waals surface area (Å²) in [5.41, 5.74) is 6.46. The quantitative estimate of drug-likeness (QED) is 0.861. The SMILES string of the molecule is CC[C@@H](N)c1ccc(Cl)c(C(=O)c2ccccc2)c1F. The summed E-state index contributed by atoms with van der Waals surface area (Å²) in [6.45, 7) is 1.86. The van der Waals surface area contributed by atoms with Gasteiger partial charge in [0.05, 0.1) is 10.6 Å². The van der Waals surface area contributed by atoms with Crippen LogP contribution in [0.25, 0.3) is 0 Å². The summed E-state index contributed by atoms with van der Waals surface area (Å²) < 4.78 is 14.5. The van der Waals surface area contributed by atoms with E-state index in [-0.39, 0.29) is 10.6 Å². The van der Waals surface area contributed by atoms with Crippen molar-refractivity contribution in [2.45, 2.75) is 19.4 Å². The average Bonchev–Trinajstić information content (AvgIpc) is 2.47. The van der Waals surface area contributed by atoms with E-state index in [1.807, 2.05) is 6.92 Å². The van der Waals surface area contributed by atoms with Crippen molar-refractivity contribution in [3.05, 3.63) is 70.0 Å². The molecule has 2 N–H and O–H groups in total. The number of hydrogen-bond donors (Lipinski definition) is 1. The van der Waals surface area contributed by atoms with Crippen molar-refractivity contribution >= 4 is 17.4 Å². The lowest BCUT2D eigenvalue weighted by Gasteiger charge is -2.14. The summed E-state index contributed by atoms with van der Waals surface area (Å²) >= 11 is 5.99. The largest absolute Gasteiger partial charge is 0.324 e. The number of carbonyl (C=O) groups is 1. The number of halogens is 2. The highest BCUT2D eigenvalue weighted by atomic mass is 35.5. The lowest BCUT2D eigenvalue weighted by atomic mass is 9.97. The molecule has 0 unspecified atom stereocenters. The molecule has 0 radical (unpaired) electrons. The molecule has 0 saturated heterocycles. The molecule has 2 nitrogen and oxygen atoms in total. The Morgan fingerprint density at radius 1 is 1.25 bits per heavy atom. The van der Waals surface area contributed by atoms with Crippen molar-refractivity contribution in [1.82, 2.24) is 0 Å². The van der Waals surface area contributed by atoms with E-state index in [2.05, 4.69) is 0 Å². The van der Waals surface area contributed by atoms with Crippen molar-refractivity contribution in [2.75, 3.05) is 0 Å². The smallest absolute Gasteiger partial charge is 0.197 e. The maximum absolute atomic E-state index is 14.5. The van der Waals surface area contributed by atoms with Gasteiger partial charge in [0, 0.05) is 17.2 Å². The maximum atomic E-state index is 14.5. The molecule has 0 aliphatic carbocycles. The van der Waals surface area contributed by atoms with Gasteiger partial charge in [-0.15, -0.1) is 0 Å². The highest BCUT2D eigenvalue weighted by Crippen LogP contribution is 2.28. The van der Waals surface area contributed by atoms with Crippen LogP contribution in [-0.4, -0.2) is 5.78 Å². The van der Waals surface area contributed by atoms with Crippen LogP contribution < -0.4 is 5.73 Å². The van der Waals surface area contributed by atoms with E-state index in [1.54, 1.807) is 30.3 Å². The van der Waals surface area contributed by atoms with Gasteiger partial charge in [-0.3, -0.25) is 4.79 Å². The van der Waals surface area contributed by atoms with E-state index >= 15 is 0 Å². The summed E-state index contributed by atoms with van der Waals surface area (Å²) in [5, 5.41) is 0.100. The van der Waals surface area contributed by atoms with Gasteiger partial charge in [0.15, 0.2) is 5.78 Å². The van der Waals surface area contributed by atoms with Crippen LogP contribution in [0.4, 0.5) is 4.39 Å². The normalized spacial score (nSPS) is 12.2. The van der Waals surface area contributed by atoms with E-state index in [0.717, 1.165) is 0 Å². The monoisotopic (exact) mass is 291 g/mol. The first-order chi connectivity index (χ1) is 9.56. The van der Waals surface area contributed by atoms with Gasteiger partial charge in [0.2, 0.25) is 0 Å². The topological polar surface area (TPSA) is 43.1 Å². The average molecular weight is 292 g/mol. The molecule has 2 aromatic carbocycles. The van der Waals surface area contributed by atoms with Crippen LogP contribution in [0.3, 0.4) is 0 Å². The first-order valence-corrected chi connectivity index (χ1v) is 6.77. The summed E-state index contributed by atoms with van der Waals surface area (Å²) in [5.74, 6) is -1.06. The minimum atomic E-state index is -0.624. The minimum absolute atomic E-state index is 0.100. The van der Waals surface area contributed by atoms with Gasteiger partial charge in [0.1, 0.15) is 5.82 Å². The van der Waals surface area contributed by atoms with Crippen LogP contribution in [-0.2, 0) is 0 Å². The number of carbonyl (C=O) groups excluding carboxylic acids is 1. The molecule has 0 spiro atoms. The fourth-order valence-electron chi connectivity index (χ4n) is 2.02. The third kappa shape index (κ3) is 2.74. The van der Waals surface area contributed by atoms with Crippen LogP contribution in [0.1, 0.15) is 40.9 Å². The van der Waals surface area contributed by atoms with Gasteiger partial charge in [-0.05, 0) is 12.5 Å². The molecule has 0 saturated carbocycles. The predicted octanol–water partition coefficient (Wildman–Crippen LogP) is 4.12. The molecule has 1 atom stereocenters. The molecule has 0 amide bonds. The van der Waals surface area contributed by atoms with Gasteiger partial charge in [-0.2, -0.15) is 0 Å². The van der Waals surface area contributed by atoms with E-state index in [0.29, 0.717) is 17.5 Å². The predicted molar refractivity (Wildman–Crippen MR) is 78.5 cm³/mol. The van der Waals surface area contributed by atoms with Gasteiger partial charge in [-0.1, -0.05) is 54.9 Å². The molecule has 0 aliphatic heterocycles. The lowest BCUT2D eigenvalue weighted by molar-refractivity contribution is 0.103. The van der Waals surface area contributed by atoms with Crippen LogP contribution in [0.2, 0.25) is 5.02 Å². The van der Waals surface area contributed by atoms with Crippen molar-refractivity contribution < 1.29 is 9.18 Å². The highest BCUT2D eigenvalue weighted by molar-refractivity contribution is 6.35. The number of hydrogen-bond acceptors (Lipinski definition) is 2. The fourth-order valence-corrected chi connectivity index (χ4v) is 2.25. The Morgan fingerprint density at radius 3 is 2.50 bits per heavy atom. The van der Waals surface area contributed by atoms with Crippen molar-refractivity contribution in [1.29, 1.82) is 0 Å². The zero-order valence-electron chi connectivity index (χ0n) is 11.1. The van der Waals surface area contributed by atoms with E-state index in [4.69, 9.17) is 17.3 Å². The summed E-state index contributed by atoms with van der Waals surface area (Å²) in [7, 11) is 0. The Bertz CT molecular complexity index is 628. The second-order valence-electron chi connectivity index (χ2n) is 4.54. The van der Waals surface area contributed by atoms with E-state index in [1.165, 1.54) is 12.1 Å². The van der Waals surface area contributed by atoms with Gasteiger partial charge < -0.3 is 5.73 Å². The van der Waals surface area contributed by atoms with Crippen molar-refractivity contribution in [2.24, 2.45) is 5.73 Å². The molecule has 0 fully saturated rings. The van der Waals surface area contributed by atoms with E-state index in [9.17, 15) is 9.18 Å². The third-order valence-electron chi connectivity index (χ3n) is 3.22. The van der Waals surface area contributed by atoms with Crippen molar-refractivity contribution in [3.8, 4) is 0 Å². The Kier molecular flexibility index (Phi) is 4.53. The third-order valence-corrected chi connectivity index (χ3v) is 3.54. The number of rotatable bonds is 4. The Hall–Kier alpha value is -1.71. The van der Waals surface area contributed by atoms with Gasteiger partial charge >= 0.3 is 0 Å². The molecule has 20 heavy (non-hydrogen) atoms. The summed E-state index contributed by atoms with van der Waals surface area (Å²) in [6.07, 6.45) is 0.581. The molecule has 0 aliphatic rings. The van der Waals surface area contributed by atoms with Crippen LogP contribution in [0, 0.1) is 5.82 Å². The summed E-state index contributed by atoms with van der Waals surface area (Å²) in [4.78, 5) is 12.4. The molecular formula is C16H15ClFNO. The Morgan fingerprint density at radius 2 is 1.90 bits per heavy atom. The first-order valence-electron chi connectivity index (χ1n) is 6.39.